The van der Waals surface area contributed by atoms with Gasteiger partial charge in [-0.3, -0.25) is 0 Å². The van der Waals surface area contributed by atoms with Crippen LogP contribution in [0.2, 0.25) is 0 Å². The lowest BCUT2D eigenvalue weighted by atomic mass is 9.94. The van der Waals surface area contributed by atoms with Crippen molar-refractivity contribution in [2.75, 3.05) is 0 Å². The van der Waals surface area contributed by atoms with E-state index in [1.165, 1.54) is 0 Å². The van der Waals surface area contributed by atoms with Gasteiger partial charge in [-0.1, -0.05) is 32.0 Å². The highest BCUT2D eigenvalue weighted by Gasteiger charge is 2.19. The van der Waals surface area contributed by atoms with Gasteiger partial charge in [-0.25, -0.2) is 0 Å². The Labute approximate surface area is 112 Å². The average molecular weight is 258 g/mol. The molecule has 0 aliphatic carbocycles. The highest BCUT2D eigenvalue weighted by molar-refractivity contribution is 5.82. The molecule has 3 nitrogen and oxygen atoms in total. The smallest absolute Gasteiger partial charge is 0.130 e. The van der Waals surface area contributed by atoms with Crippen LogP contribution in [0.3, 0.4) is 0 Å². The molecule has 0 aromatic heterocycles. The molecule has 100 valence electrons. The molecule has 0 spiro atoms. The molecule has 2 aromatic carbocycles. The highest BCUT2D eigenvalue weighted by Crippen LogP contribution is 2.45. The number of phenols is 3. The van der Waals surface area contributed by atoms with Crippen molar-refractivity contribution in [3.63, 3.8) is 0 Å². The van der Waals surface area contributed by atoms with Crippen molar-refractivity contribution in [1.29, 1.82) is 0 Å². The molecule has 0 aliphatic heterocycles. The van der Waals surface area contributed by atoms with E-state index in [2.05, 4.69) is 0 Å². The molecular formula is C16H18O3. The molecule has 3 N–H and O–H groups in total. The number of para-hydroxylation sites is 1. The molecule has 0 atom stereocenters. The minimum Gasteiger partial charge on any atom is -0.507 e. The van der Waals surface area contributed by atoms with E-state index < -0.39 is 0 Å². The first-order chi connectivity index (χ1) is 9.10. The van der Waals surface area contributed by atoms with Crippen LogP contribution in [0.15, 0.2) is 30.3 Å². The lowest BCUT2D eigenvalue weighted by Gasteiger charge is -2.15. The maximum atomic E-state index is 10.3. The van der Waals surface area contributed by atoms with Gasteiger partial charge in [0.05, 0.1) is 5.56 Å². The monoisotopic (exact) mass is 258 g/mol. The Morgan fingerprint density at radius 1 is 0.842 bits per heavy atom. The molecule has 0 fully saturated rings. The van der Waals surface area contributed by atoms with Crippen molar-refractivity contribution in [2.45, 2.75) is 26.7 Å². The van der Waals surface area contributed by atoms with Gasteiger partial charge in [0.1, 0.15) is 17.2 Å². The third-order valence-electron chi connectivity index (χ3n) is 3.37. The summed E-state index contributed by atoms with van der Waals surface area (Å²) < 4.78 is 0. The van der Waals surface area contributed by atoms with Gasteiger partial charge < -0.3 is 15.3 Å². The Hall–Kier alpha value is -2.16. The number of aromatic hydroxyl groups is 3. The minimum absolute atomic E-state index is 0.0405. The zero-order chi connectivity index (χ0) is 14.0. The second kappa shape index (κ2) is 5.22. The first kappa shape index (κ1) is 13.3. The Morgan fingerprint density at radius 3 is 1.84 bits per heavy atom. The Bertz CT molecular complexity index is 575. The topological polar surface area (TPSA) is 60.7 Å². The van der Waals surface area contributed by atoms with Crippen molar-refractivity contribution < 1.29 is 15.3 Å². The predicted octanol–water partition coefficient (Wildman–Crippen LogP) is 3.60. The van der Waals surface area contributed by atoms with Crippen LogP contribution >= 0.6 is 0 Å². The summed E-state index contributed by atoms with van der Waals surface area (Å²) >= 11 is 0. The van der Waals surface area contributed by atoms with Gasteiger partial charge in [0.15, 0.2) is 0 Å². The van der Waals surface area contributed by atoms with E-state index in [9.17, 15) is 15.3 Å². The summed E-state index contributed by atoms with van der Waals surface area (Å²) in [6.45, 7) is 3.89. The fourth-order valence-corrected chi connectivity index (χ4v) is 2.26. The molecular weight excluding hydrogens is 240 g/mol. The number of hydrogen-bond acceptors (Lipinski definition) is 3. The minimum atomic E-state index is 0.0405. The molecule has 0 aliphatic rings. The summed E-state index contributed by atoms with van der Waals surface area (Å²) in [4.78, 5) is 0. The number of aryl methyl sites for hydroxylation is 2. The lowest BCUT2D eigenvalue weighted by Crippen LogP contribution is -1.93. The van der Waals surface area contributed by atoms with E-state index in [1.807, 2.05) is 19.9 Å². The van der Waals surface area contributed by atoms with Gasteiger partial charge in [0, 0.05) is 5.56 Å². The van der Waals surface area contributed by atoms with Crippen LogP contribution in [-0.4, -0.2) is 15.3 Å². The average Bonchev–Trinajstić information content (AvgIpc) is 2.41. The fourth-order valence-electron chi connectivity index (χ4n) is 2.26. The second-order valence-corrected chi connectivity index (χ2v) is 4.49. The number of rotatable bonds is 3. The van der Waals surface area contributed by atoms with Crippen molar-refractivity contribution in [3.8, 4) is 28.4 Å². The zero-order valence-corrected chi connectivity index (χ0v) is 11.1. The first-order valence-corrected chi connectivity index (χ1v) is 6.45. The van der Waals surface area contributed by atoms with Crippen LogP contribution in [0.25, 0.3) is 11.1 Å². The Balaban J connectivity index is 2.78. The van der Waals surface area contributed by atoms with Gasteiger partial charge in [-0.05, 0) is 36.1 Å². The number of benzene rings is 2. The standard InChI is InChI=1S/C16H18O3/c1-3-10-9-11(4-2)16(19)14(15(10)18)12-7-5-6-8-13(12)17/h5-9,17-19H,3-4H2,1-2H3. The van der Waals surface area contributed by atoms with E-state index in [1.54, 1.807) is 24.3 Å². The molecule has 2 rings (SSSR count). The molecule has 0 unspecified atom stereocenters. The maximum absolute atomic E-state index is 10.3. The Morgan fingerprint density at radius 2 is 1.37 bits per heavy atom. The number of phenolic OH excluding ortho intramolecular Hbond substituents is 3. The maximum Gasteiger partial charge on any atom is 0.130 e. The molecule has 2 aromatic rings. The largest absolute Gasteiger partial charge is 0.507 e. The third kappa shape index (κ3) is 2.24. The van der Waals surface area contributed by atoms with Crippen LogP contribution in [0.4, 0.5) is 0 Å². The number of hydrogen-bond donors (Lipinski definition) is 3. The summed E-state index contributed by atoms with van der Waals surface area (Å²) in [5, 5.41) is 30.5. The van der Waals surface area contributed by atoms with E-state index in [0.29, 0.717) is 24.0 Å². The van der Waals surface area contributed by atoms with Gasteiger partial charge in [-0.15, -0.1) is 0 Å². The summed E-state index contributed by atoms with van der Waals surface area (Å²) in [5.74, 6) is 0.126. The van der Waals surface area contributed by atoms with Crippen molar-refractivity contribution in [2.24, 2.45) is 0 Å². The molecule has 0 radical (unpaired) electrons. The fraction of sp³-hybridized carbons (Fsp3) is 0.250. The molecule has 19 heavy (non-hydrogen) atoms. The van der Waals surface area contributed by atoms with Crippen LogP contribution in [0.5, 0.6) is 17.2 Å². The summed E-state index contributed by atoms with van der Waals surface area (Å²) in [7, 11) is 0. The van der Waals surface area contributed by atoms with Crippen LogP contribution < -0.4 is 0 Å². The molecule has 3 heteroatoms. The highest BCUT2D eigenvalue weighted by atomic mass is 16.3. The van der Waals surface area contributed by atoms with Gasteiger partial charge in [-0.2, -0.15) is 0 Å². The van der Waals surface area contributed by atoms with Crippen molar-refractivity contribution in [1.82, 2.24) is 0 Å². The van der Waals surface area contributed by atoms with E-state index in [-0.39, 0.29) is 17.2 Å². The summed E-state index contributed by atoms with van der Waals surface area (Å²) in [6.07, 6.45) is 1.33. The summed E-state index contributed by atoms with van der Waals surface area (Å²) in [5.41, 5.74) is 2.30. The van der Waals surface area contributed by atoms with Crippen LogP contribution in [0.1, 0.15) is 25.0 Å². The summed E-state index contributed by atoms with van der Waals surface area (Å²) in [6, 6.07) is 8.51. The van der Waals surface area contributed by atoms with Crippen molar-refractivity contribution >= 4 is 0 Å². The SMILES string of the molecule is CCc1cc(CC)c(O)c(-c2ccccc2O)c1O. The van der Waals surface area contributed by atoms with Crippen LogP contribution in [0, 0.1) is 0 Å². The predicted molar refractivity (Wildman–Crippen MR) is 75.6 cm³/mol. The van der Waals surface area contributed by atoms with Gasteiger partial charge in [0.2, 0.25) is 0 Å². The first-order valence-electron chi connectivity index (χ1n) is 6.45. The van der Waals surface area contributed by atoms with Crippen LogP contribution in [-0.2, 0) is 12.8 Å². The van der Waals surface area contributed by atoms with E-state index >= 15 is 0 Å². The van der Waals surface area contributed by atoms with Gasteiger partial charge in [0.25, 0.3) is 0 Å². The normalized spacial score (nSPS) is 10.6. The van der Waals surface area contributed by atoms with E-state index in [0.717, 1.165) is 11.1 Å². The van der Waals surface area contributed by atoms with Crippen molar-refractivity contribution in [3.05, 3.63) is 41.5 Å². The molecule has 0 saturated heterocycles. The third-order valence-corrected chi connectivity index (χ3v) is 3.37. The molecule has 0 amide bonds. The molecule has 0 heterocycles. The Kier molecular flexibility index (Phi) is 3.65. The van der Waals surface area contributed by atoms with Gasteiger partial charge >= 0.3 is 0 Å². The zero-order valence-electron chi connectivity index (χ0n) is 11.1. The molecule has 0 bridgehead atoms. The van der Waals surface area contributed by atoms with E-state index in [4.69, 9.17) is 0 Å². The molecule has 0 saturated carbocycles. The lowest BCUT2D eigenvalue weighted by molar-refractivity contribution is 0.443. The second-order valence-electron chi connectivity index (χ2n) is 4.49. The quantitative estimate of drug-likeness (QED) is 0.788.